The number of anilines is 2. The van der Waals surface area contributed by atoms with Crippen molar-refractivity contribution < 1.29 is 37.1 Å². The van der Waals surface area contributed by atoms with Crippen LogP contribution in [0.3, 0.4) is 0 Å². The standard InChI is InChI=1S/C44H46F2N10O7/c1-53(19-5-21-62-20-4-7-27-6-3-8-33-38(27)54(2)44(61)56(33)34-15-16-36(57)51-41(34)59)43(60)28-11-13-30(14-12-28)55-24-31(37(52-55)39(45)46)49-40(58)32-25-63-42(50-32)29-17-18-47-35(22-29)48-23-26-9-10-26/h3,6,8,11-14,17-18,22,24-26,34,39H,4-5,7,9-10,15-16,19-21,23H2,1-2H3,(H,47,48)(H,49,58)(H,51,57,59). The first-order valence-corrected chi connectivity index (χ1v) is 20.8. The maximum absolute atomic E-state index is 14.1. The Labute approximate surface area is 359 Å². The van der Waals surface area contributed by atoms with E-state index >= 15 is 0 Å². The zero-order chi connectivity index (χ0) is 44.2. The second kappa shape index (κ2) is 18.5. The lowest BCUT2D eigenvalue weighted by Gasteiger charge is -2.22. The summed E-state index contributed by atoms with van der Waals surface area (Å²) in [5.41, 5.74) is 2.42. The summed E-state index contributed by atoms with van der Waals surface area (Å²) in [6.45, 7) is 2.11. The quantitative estimate of drug-likeness (QED) is 0.0710. The molecule has 0 radical (unpaired) electrons. The van der Waals surface area contributed by atoms with Crippen LogP contribution in [0.2, 0.25) is 0 Å². The Bertz CT molecular complexity index is 2720. The highest BCUT2D eigenvalue weighted by atomic mass is 19.3. The number of fused-ring (bicyclic) bond motifs is 1. The van der Waals surface area contributed by atoms with Crippen LogP contribution < -0.4 is 21.6 Å². The number of carbonyl (C=O) groups is 4. The van der Waals surface area contributed by atoms with Crippen molar-refractivity contribution in [3.8, 4) is 17.1 Å². The fourth-order valence-corrected chi connectivity index (χ4v) is 7.61. The number of imide groups is 1. The van der Waals surface area contributed by atoms with Gasteiger partial charge in [0, 0.05) is 64.1 Å². The number of nitrogens with zero attached hydrogens (tertiary/aromatic N) is 7. The van der Waals surface area contributed by atoms with E-state index in [-0.39, 0.29) is 47.6 Å². The van der Waals surface area contributed by atoms with Gasteiger partial charge in [0.1, 0.15) is 18.1 Å². The van der Waals surface area contributed by atoms with Crippen molar-refractivity contribution in [2.45, 2.75) is 57.4 Å². The summed E-state index contributed by atoms with van der Waals surface area (Å²) < 4.78 is 43.8. The maximum atomic E-state index is 14.1. The van der Waals surface area contributed by atoms with Crippen LogP contribution in [0.5, 0.6) is 0 Å². The van der Waals surface area contributed by atoms with Crippen LogP contribution in [0.25, 0.3) is 28.2 Å². The fraction of sp³-hybridized carbons (Fsp3) is 0.364. The summed E-state index contributed by atoms with van der Waals surface area (Å²) in [5.74, 6) is -0.347. The van der Waals surface area contributed by atoms with E-state index in [1.165, 1.54) is 28.3 Å². The van der Waals surface area contributed by atoms with Crippen molar-refractivity contribution >= 4 is 46.2 Å². The Morgan fingerprint density at radius 1 is 1.05 bits per heavy atom. The van der Waals surface area contributed by atoms with Crippen LogP contribution in [0.4, 0.5) is 20.3 Å². The van der Waals surface area contributed by atoms with Crippen molar-refractivity contribution in [1.29, 1.82) is 0 Å². The zero-order valence-electron chi connectivity index (χ0n) is 34.7. The van der Waals surface area contributed by atoms with E-state index in [2.05, 4.69) is 31.0 Å². The highest BCUT2D eigenvalue weighted by Gasteiger charge is 2.32. The van der Waals surface area contributed by atoms with E-state index in [1.807, 2.05) is 12.1 Å². The Hall–Kier alpha value is -7.02. The SMILES string of the molecule is CN(CCCOCCCc1cccc2c1n(C)c(=O)n2C1CCC(=O)NC1=O)C(=O)c1ccc(-n2cc(NC(=O)c3coc(-c4ccnc(NCC5CC5)c4)n3)c(C(F)F)n2)cc1. The van der Waals surface area contributed by atoms with E-state index < -0.39 is 30.0 Å². The fourth-order valence-electron chi connectivity index (χ4n) is 7.61. The molecule has 1 atom stereocenters. The minimum Gasteiger partial charge on any atom is -0.444 e. The molecule has 4 aromatic heterocycles. The summed E-state index contributed by atoms with van der Waals surface area (Å²) in [4.78, 5) is 73.9. The number of halogens is 2. The van der Waals surface area contributed by atoms with Crippen molar-refractivity contribution in [1.82, 2.24) is 39.1 Å². The number of benzene rings is 2. The van der Waals surface area contributed by atoms with Crippen molar-refractivity contribution in [3.63, 3.8) is 0 Å². The Morgan fingerprint density at radius 2 is 1.84 bits per heavy atom. The lowest BCUT2D eigenvalue weighted by atomic mass is 10.0. The molecule has 2 aliphatic rings. The number of aryl methyl sites for hydroxylation is 2. The Kier molecular flexibility index (Phi) is 12.5. The summed E-state index contributed by atoms with van der Waals surface area (Å²) in [6.07, 6.45) is 5.73. The molecule has 0 bridgehead atoms. The highest BCUT2D eigenvalue weighted by molar-refractivity contribution is 6.03. The molecule has 8 rings (SSSR count). The number of piperidine rings is 1. The zero-order valence-corrected chi connectivity index (χ0v) is 34.7. The topological polar surface area (TPSA) is 201 Å². The average Bonchev–Trinajstić information content (AvgIpc) is 3.68. The molecule has 19 heteroatoms. The van der Waals surface area contributed by atoms with Gasteiger partial charge in [-0.05, 0) is 92.5 Å². The molecular formula is C44H46F2N10O7. The molecule has 0 spiro atoms. The number of hydrogen-bond donors (Lipinski definition) is 3. The van der Waals surface area contributed by atoms with Gasteiger partial charge < -0.3 is 24.7 Å². The summed E-state index contributed by atoms with van der Waals surface area (Å²) in [6, 6.07) is 14.6. The van der Waals surface area contributed by atoms with Gasteiger partial charge in [0.25, 0.3) is 18.2 Å². The lowest BCUT2D eigenvalue weighted by Crippen LogP contribution is -2.44. The molecule has 6 aromatic rings. The average molecular weight is 865 g/mol. The monoisotopic (exact) mass is 864 g/mol. The minimum absolute atomic E-state index is 0.109. The highest BCUT2D eigenvalue weighted by Crippen LogP contribution is 2.31. The van der Waals surface area contributed by atoms with Crippen LogP contribution in [0, 0.1) is 5.92 Å². The van der Waals surface area contributed by atoms with E-state index in [0.717, 1.165) is 23.9 Å². The number of pyridine rings is 1. The summed E-state index contributed by atoms with van der Waals surface area (Å²) in [5, 5.41) is 12.1. The van der Waals surface area contributed by atoms with Gasteiger partial charge in [0.2, 0.25) is 17.7 Å². The van der Waals surface area contributed by atoms with Crippen molar-refractivity contribution in [2.24, 2.45) is 13.0 Å². The molecule has 1 saturated heterocycles. The van der Waals surface area contributed by atoms with E-state index in [4.69, 9.17) is 9.15 Å². The molecule has 3 N–H and O–H groups in total. The summed E-state index contributed by atoms with van der Waals surface area (Å²) >= 11 is 0. The Morgan fingerprint density at radius 3 is 2.60 bits per heavy atom. The molecule has 2 fully saturated rings. The van der Waals surface area contributed by atoms with Crippen LogP contribution in [-0.2, 0) is 27.8 Å². The summed E-state index contributed by atoms with van der Waals surface area (Å²) in [7, 11) is 3.35. The Balaban J connectivity index is 0.804. The largest absolute Gasteiger partial charge is 0.444 e. The molecule has 5 heterocycles. The minimum atomic E-state index is -3.00. The van der Waals surface area contributed by atoms with Gasteiger partial charge in [0.15, 0.2) is 11.4 Å². The van der Waals surface area contributed by atoms with Crippen LogP contribution in [0.1, 0.15) is 83.1 Å². The smallest absolute Gasteiger partial charge is 0.329 e. The number of ether oxygens (including phenoxy) is 1. The third-order valence-electron chi connectivity index (χ3n) is 11.2. The molecule has 328 valence electrons. The van der Waals surface area contributed by atoms with Crippen molar-refractivity contribution in [3.05, 3.63) is 106 Å². The number of aromatic nitrogens is 6. The van der Waals surface area contributed by atoms with Gasteiger partial charge >= 0.3 is 5.69 Å². The first-order chi connectivity index (χ1) is 30.4. The molecule has 1 aliphatic heterocycles. The molecule has 2 aromatic carbocycles. The van der Waals surface area contributed by atoms with Crippen molar-refractivity contribution in [2.75, 3.05) is 44.0 Å². The number of hydrogen-bond acceptors (Lipinski definition) is 11. The number of imidazole rings is 1. The molecular weight excluding hydrogens is 819 g/mol. The third-order valence-corrected chi connectivity index (χ3v) is 11.2. The lowest BCUT2D eigenvalue weighted by molar-refractivity contribution is -0.135. The second-order valence-electron chi connectivity index (χ2n) is 15.7. The van der Waals surface area contributed by atoms with Crippen LogP contribution in [-0.4, -0.2) is 90.8 Å². The van der Waals surface area contributed by atoms with Crippen LogP contribution >= 0.6 is 0 Å². The number of rotatable bonds is 18. The number of oxazole rings is 1. The number of amides is 4. The van der Waals surface area contributed by atoms with Gasteiger partial charge in [-0.25, -0.2) is 28.2 Å². The van der Waals surface area contributed by atoms with Gasteiger partial charge in [-0.1, -0.05) is 12.1 Å². The first-order valence-electron chi connectivity index (χ1n) is 20.8. The second-order valence-corrected chi connectivity index (χ2v) is 15.7. The first kappa shape index (κ1) is 42.7. The van der Waals surface area contributed by atoms with Gasteiger partial charge in [-0.2, -0.15) is 5.10 Å². The van der Waals surface area contributed by atoms with E-state index in [1.54, 1.807) is 72.2 Å². The normalized spacial score (nSPS) is 15.2. The maximum Gasteiger partial charge on any atom is 0.329 e. The van der Waals surface area contributed by atoms with Gasteiger partial charge in [0.05, 0.1) is 28.6 Å². The predicted octanol–water partition coefficient (Wildman–Crippen LogP) is 5.68. The molecule has 1 saturated carbocycles. The number of nitrogens with one attached hydrogen (secondary N) is 3. The molecule has 4 amide bonds. The molecule has 1 unspecified atom stereocenters. The van der Waals surface area contributed by atoms with Crippen LogP contribution in [0.15, 0.2) is 82.5 Å². The number of carbonyl (C=O) groups excluding carboxylic acids is 4. The predicted molar refractivity (Wildman–Crippen MR) is 227 cm³/mol. The number of para-hydroxylation sites is 1. The molecule has 1 aliphatic carbocycles. The van der Waals surface area contributed by atoms with E-state index in [0.29, 0.717) is 73.1 Å². The molecule has 63 heavy (non-hydrogen) atoms. The third kappa shape index (κ3) is 9.57. The molecule has 17 nitrogen and oxygen atoms in total. The van der Waals surface area contributed by atoms with Gasteiger partial charge in [-0.3, -0.25) is 33.6 Å². The van der Waals surface area contributed by atoms with E-state index in [9.17, 15) is 32.8 Å². The van der Waals surface area contributed by atoms with Gasteiger partial charge in [-0.15, -0.1) is 0 Å². The number of alkyl halides is 2.